The molecule has 0 aliphatic heterocycles. The van der Waals surface area contributed by atoms with E-state index in [-0.39, 0.29) is 15.6 Å². The third-order valence-corrected chi connectivity index (χ3v) is 7.36. The third kappa shape index (κ3) is 6.93. The lowest BCUT2D eigenvalue weighted by Crippen LogP contribution is -2.28. The Bertz CT molecular complexity index is 610. The van der Waals surface area contributed by atoms with Gasteiger partial charge in [0.2, 0.25) is 0 Å². The van der Waals surface area contributed by atoms with Gasteiger partial charge in [-0.1, -0.05) is 86.3 Å². The number of phenolic OH excluding ortho intramolecular Hbond substituents is 1. The first-order valence-electron chi connectivity index (χ1n) is 10.5. The summed E-state index contributed by atoms with van der Waals surface area (Å²) < 4.78 is 13.0. The van der Waals surface area contributed by atoms with Crippen LogP contribution in [-0.2, 0) is 27.4 Å². The van der Waals surface area contributed by atoms with E-state index in [1.165, 1.54) is 19.3 Å². The van der Waals surface area contributed by atoms with E-state index in [0.717, 1.165) is 29.5 Å². The zero-order valence-corrected chi connectivity index (χ0v) is 20.0. The summed E-state index contributed by atoms with van der Waals surface area (Å²) in [6.45, 7) is 19.2. The molecule has 0 spiro atoms. The first-order chi connectivity index (χ1) is 12.2. The predicted octanol–water partition coefficient (Wildman–Crippen LogP) is 6.98. The van der Waals surface area contributed by atoms with Gasteiger partial charge in [0.05, 0.1) is 0 Å². The standard InChI is InChI=1S/C24H42O2S/c1-10-11-12-13-14-24(8,9)27(26)17-18-15-19(22(2,3)4)21(25)20(16-18)23(5,6)7/h15-16,25H,10-14,17H2,1-9H3. The van der Waals surface area contributed by atoms with Gasteiger partial charge < -0.3 is 5.11 Å². The van der Waals surface area contributed by atoms with E-state index >= 15 is 0 Å². The maximum absolute atomic E-state index is 13.2. The Morgan fingerprint density at radius 3 is 1.74 bits per heavy atom. The van der Waals surface area contributed by atoms with Crippen LogP contribution in [-0.4, -0.2) is 14.1 Å². The number of hydrogen-bond acceptors (Lipinski definition) is 2. The van der Waals surface area contributed by atoms with Crippen molar-refractivity contribution in [3.8, 4) is 5.75 Å². The van der Waals surface area contributed by atoms with Gasteiger partial charge >= 0.3 is 0 Å². The molecule has 0 heterocycles. The van der Waals surface area contributed by atoms with Gasteiger partial charge in [-0.15, -0.1) is 0 Å². The van der Waals surface area contributed by atoms with Crippen LogP contribution in [0.4, 0.5) is 0 Å². The second-order valence-corrected chi connectivity index (χ2v) is 12.7. The second-order valence-electron chi connectivity index (χ2n) is 10.6. The molecule has 1 N–H and O–H groups in total. The van der Waals surface area contributed by atoms with Crippen LogP contribution >= 0.6 is 0 Å². The van der Waals surface area contributed by atoms with E-state index in [1.807, 2.05) is 0 Å². The molecule has 0 fully saturated rings. The molecule has 2 nitrogen and oxygen atoms in total. The molecule has 1 atom stereocenters. The molecule has 27 heavy (non-hydrogen) atoms. The molecule has 0 aliphatic carbocycles. The molecule has 0 aliphatic rings. The minimum absolute atomic E-state index is 0.156. The average molecular weight is 395 g/mol. The second kappa shape index (κ2) is 9.11. The molecule has 0 saturated carbocycles. The lowest BCUT2D eigenvalue weighted by Gasteiger charge is -2.29. The summed E-state index contributed by atoms with van der Waals surface area (Å²) in [7, 11) is -0.945. The fraction of sp³-hybridized carbons (Fsp3) is 0.750. The average Bonchev–Trinajstić information content (AvgIpc) is 2.50. The van der Waals surface area contributed by atoms with Crippen LogP contribution < -0.4 is 0 Å². The van der Waals surface area contributed by atoms with E-state index < -0.39 is 10.8 Å². The number of unbranched alkanes of at least 4 members (excludes halogenated alkanes) is 3. The number of rotatable bonds is 8. The molecule has 156 valence electrons. The highest BCUT2D eigenvalue weighted by Crippen LogP contribution is 2.40. The summed E-state index contributed by atoms with van der Waals surface area (Å²) in [5.74, 6) is 0.941. The van der Waals surface area contributed by atoms with Crippen LogP contribution in [0.25, 0.3) is 0 Å². The molecule has 0 bridgehead atoms. The van der Waals surface area contributed by atoms with E-state index in [9.17, 15) is 9.32 Å². The summed E-state index contributed by atoms with van der Waals surface area (Å²) >= 11 is 0. The smallest absolute Gasteiger partial charge is 0.123 e. The van der Waals surface area contributed by atoms with E-state index in [0.29, 0.717) is 11.5 Å². The third-order valence-electron chi connectivity index (χ3n) is 5.33. The Hall–Kier alpha value is -0.830. The largest absolute Gasteiger partial charge is 0.507 e. The minimum atomic E-state index is -0.945. The maximum Gasteiger partial charge on any atom is 0.123 e. The van der Waals surface area contributed by atoms with Crippen molar-refractivity contribution in [1.82, 2.24) is 0 Å². The first kappa shape index (κ1) is 24.2. The van der Waals surface area contributed by atoms with Crippen LogP contribution in [0.5, 0.6) is 5.75 Å². The first-order valence-corrected chi connectivity index (χ1v) is 11.8. The molecule has 1 rings (SSSR count). The molecule has 3 heteroatoms. The van der Waals surface area contributed by atoms with Crippen molar-refractivity contribution < 1.29 is 9.32 Å². The summed E-state index contributed by atoms with van der Waals surface area (Å²) in [6, 6.07) is 4.13. The lowest BCUT2D eigenvalue weighted by atomic mass is 9.78. The molecule has 0 radical (unpaired) electrons. The number of aromatic hydroxyl groups is 1. The zero-order chi connectivity index (χ0) is 21.0. The SMILES string of the molecule is CCCCCCC(C)(C)S(=O)Cc1cc(C(C)(C)C)c(O)c(C(C)(C)C)c1. The normalized spacial score (nSPS) is 14.4. The highest BCUT2D eigenvalue weighted by molar-refractivity contribution is 7.85. The molecule has 0 saturated heterocycles. The molecular weight excluding hydrogens is 352 g/mol. The minimum Gasteiger partial charge on any atom is -0.507 e. The summed E-state index contributed by atoms with van der Waals surface area (Å²) in [5, 5.41) is 10.9. The maximum atomic E-state index is 13.2. The fourth-order valence-electron chi connectivity index (χ4n) is 3.36. The van der Waals surface area contributed by atoms with Crippen LogP contribution in [0.2, 0.25) is 0 Å². The molecule has 1 aromatic rings. The van der Waals surface area contributed by atoms with Gasteiger partial charge in [0.25, 0.3) is 0 Å². The molecule has 1 aromatic carbocycles. The van der Waals surface area contributed by atoms with E-state index in [2.05, 4.69) is 74.4 Å². The number of benzene rings is 1. The summed E-state index contributed by atoms with van der Waals surface area (Å²) in [4.78, 5) is 0. The summed E-state index contributed by atoms with van der Waals surface area (Å²) in [5.41, 5.74) is 2.65. The van der Waals surface area contributed by atoms with Crippen molar-refractivity contribution >= 4 is 10.8 Å². The Morgan fingerprint density at radius 1 is 0.852 bits per heavy atom. The number of phenols is 1. The van der Waals surface area contributed by atoms with Crippen molar-refractivity contribution in [3.63, 3.8) is 0 Å². The van der Waals surface area contributed by atoms with E-state index in [1.54, 1.807) is 0 Å². The van der Waals surface area contributed by atoms with Crippen molar-refractivity contribution in [3.05, 3.63) is 28.8 Å². The van der Waals surface area contributed by atoms with Gasteiger partial charge in [0, 0.05) is 21.3 Å². The quantitative estimate of drug-likeness (QED) is 0.483. The Morgan fingerprint density at radius 2 is 1.33 bits per heavy atom. The Balaban J connectivity index is 3.14. The van der Waals surface area contributed by atoms with Crippen LogP contribution in [0, 0.1) is 0 Å². The van der Waals surface area contributed by atoms with Crippen molar-refractivity contribution in [2.75, 3.05) is 0 Å². The molecule has 0 aromatic heterocycles. The monoisotopic (exact) mass is 394 g/mol. The van der Waals surface area contributed by atoms with Gasteiger partial charge in [0.1, 0.15) is 5.75 Å². The van der Waals surface area contributed by atoms with Crippen molar-refractivity contribution in [2.45, 2.75) is 116 Å². The van der Waals surface area contributed by atoms with Gasteiger partial charge in [-0.3, -0.25) is 4.21 Å². The van der Waals surface area contributed by atoms with Gasteiger partial charge in [-0.25, -0.2) is 0 Å². The molecular formula is C24H42O2S. The predicted molar refractivity (Wildman–Crippen MR) is 120 cm³/mol. The fourth-order valence-corrected chi connectivity index (χ4v) is 4.59. The number of hydrogen-bond donors (Lipinski definition) is 1. The highest BCUT2D eigenvalue weighted by atomic mass is 32.2. The van der Waals surface area contributed by atoms with Crippen LogP contribution in [0.15, 0.2) is 12.1 Å². The van der Waals surface area contributed by atoms with Gasteiger partial charge in [-0.05, 0) is 47.8 Å². The van der Waals surface area contributed by atoms with Gasteiger partial charge in [-0.2, -0.15) is 0 Å². The summed E-state index contributed by atoms with van der Waals surface area (Å²) in [6.07, 6.45) is 5.84. The molecule has 0 amide bonds. The lowest BCUT2D eigenvalue weighted by molar-refractivity contribution is 0.423. The molecule has 1 unspecified atom stereocenters. The zero-order valence-electron chi connectivity index (χ0n) is 19.2. The Kier molecular flexibility index (Phi) is 8.17. The van der Waals surface area contributed by atoms with Crippen LogP contribution in [0.1, 0.15) is 111 Å². The topological polar surface area (TPSA) is 37.3 Å². The van der Waals surface area contributed by atoms with Gasteiger partial charge in [0.15, 0.2) is 0 Å². The Labute approximate surface area is 170 Å². The van der Waals surface area contributed by atoms with Crippen molar-refractivity contribution in [2.24, 2.45) is 0 Å². The van der Waals surface area contributed by atoms with E-state index in [4.69, 9.17) is 0 Å². The highest BCUT2D eigenvalue weighted by Gasteiger charge is 2.29. The van der Waals surface area contributed by atoms with Crippen LogP contribution in [0.3, 0.4) is 0 Å². The van der Waals surface area contributed by atoms with Crippen molar-refractivity contribution in [1.29, 1.82) is 0 Å².